The number of pyridine rings is 2. The number of aliphatic imine (C=N–C) groups is 2. The van der Waals surface area contributed by atoms with Crippen LogP contribution in [-0.2, 0) is 0 Å². The van der Waals surface area contributed by atoms with Crippen molar-refractivity contribution in [1.82, 2.24) is 14.9 Å². The molecule has 0 spiro atoms. The minimum absolute atomic E-state index is 0.00504. The zero-order valence-electron chi connectivity index (χ0n) is 11.8. The van der Waals surface area contributed by atoms with E-state index in [9.17, 15) is 4.79 Å². The van der Waals surface area contributed by atoms with E-state index in [0.717, 1.165) is 36.0 Å². The van der Waals surface area contributed by atoms with Crippen LogP contribution < -0.4 is 0 Å². The number of hydrogen-bond donors (Lipinski definition) is 0. The molecule has 0 aromatic carbocycles. The first-order valence-electron chi connectivity index (χ1n) is 7.10. The lowest BCUT2D eigenvalue weighted by Crippen LogP contribution is -2.38. The molecule has 0 N–H and O–H groups in total. The van der Waals surface area contributed by atoms with Crippen LogP contribution in [0, 0.1) is 0 Å². The van der Waals surface area contributed by atoms with Crippen molar-refractivity contribution in [3.8, 4) is 0 Å². The Morgan fingerprint density at radius 1 is 1.18 bits per heavy atom. The van der Waals surface area contributed by atoms with Gasteiger partial charge in [0, 0.05) is 36.3 Å². The third-order valence-corrected chi connectivity index (χ3v) is 3.75. The number of nitrogens with zero attached hydrogens (tertiary/aromatic N) is 5. The highest BCUT2D eigenvalue weighted by molar-refractivity contribution is 6.20. The number of hydrogen-bond acceptors (Lipinski definition) is 6. The lowest BCUT2D eigenvalue weighted by atomic mass is 10.1. The fourth-order valence-electron chi connectivity index (χ4n) is 2.70. The van der Waals surface area contributed by atoms with Crippen molar-refractivity contribution in [3.05, 3.63) is 54.1 Å². The fraction of sp³-hybridized carbons (Fsp3) is 0.188. The molecule has 6 nitrogen and oxygen atoms in total. The summed E-state index contributed by atoms with van der Waals surface area (Å²) >= 11 is 0. The molecule has 0 unspecified atom stereocenters. The Bertz CT molecular complexity index is 797. The number of Topliss-reactive ketones (excluding diaryl/α,β-unsaturated/α-hetero) is 1. The molecule has 108 valence electrons. The van der Waals surface area contributed by atoms with Gasteiger partial charge >= 0.3 is 0 Å². The topological polar surface area (TPSA) is 70.8 Å². The molecule has 0 radical (unpaired) electrons. The summed E-state index contributed by atoms with van der Waals surface area (Å²) in [5.41, 5.74) is 2.35. The van der Waals surface area contributed by atoms with Crippen molar-refractivity contribution in [2.75, 3.05) is 13.1 Å². The molecule has 0 amide bonds. The van der Waals surface area contributed by atoms with Crippen molar-refractivity contribution in [1.29, 1.82) is 0 Å². The summed E-state index contributed by atoms with van der Waals surface area (Å²) in [6.07, 6.45) is 6.92. The highest BCUT2D eigenvalue weighted by atomic mass is 16.1. The highest BCUT2D eigenvalue weighted by Crippen LogP contribution is 2.28. The quantitative estimate of drug-likeness (QED) is 0.809. The third-order valence-electron chi connectivity index (χ3n) is 3.75. The number of rotatable bonds is 3. The van der Waals surface area contributed by atoms with Crippen molar-refractivity contribution >= 4 is 23.1 Å². The van der Waals surface area contributed by atoms with Crippen LogP contribution in [-0.4, -0.2) is 45.4 Å². The fourth-order valence-corrected chi connectivity index (χ4v) is 2.70. The molecule has 2 aromatic heterocycles. The molecule has 0 saturated heterocycles. The van der Waals surface area contributed by atoms with Crippen LogP contribution in [0.4, 0.5) is 5.69 Å². The van der Waals surface area contributed by atoms with Crippen LogP contribution in [0.15, 0.2) is 53.0 Å². The van der Waals surface area contributed by atoms with Gasteiger partial charge in [0.2, 0.25) is 0 Å². The number of fused-ring (bicyclic) bond motifs is 3. The maximum Gasteiger partial charge on any atom is 0.171 e. The summed E-state index contributed by atoms with van der Waals surface area (Å²) < 4.78 is 0. The first kappa shape index (κ1) is 12.8. The zero-order chi connectivity index (χ0) is 14.9. The molecule has 0 fully saturated rings. The van der Waals surface area contributed by atoms with Gasteiger partial charge in [-0.3, -0.25) is 19.8 Å². The van der Waals surface area contributed by atoms with E-state index in [4.69, 9.17) is 0 Å². The predicted octanol–water partition coefficient (Wildman–Crippen LogP) is 1.86. The van der Waals surface area contributed by atoms with E-state index in [2.05, 4.69) is 20.0 Å². The summed E-state index contributed by atoms with van der Waals surface area (Å²) in [6, 6.07) is 5.45. The molecule has 0 bridgehead atoms. The number of ketones is 1. The Balaban J connectivity index is 1.69. The summed E-state index contributed by atoms with van der Waals surface area (Å²) in [7, 11) is 0. The largest absolute Gasteiger partial charge is 0.312 e. The van der Waals surface area contributed by atoms with Crippen molar-refractivity contribution in [2.45, 2.75) is 6.42 Å². The third kappa shape index (κ3) is 2.09. The number of carbonyl (C=O) groups excluding carboxylic acids is 1. The number of amidine groups is 2. The molecular formula is C16H13N5O. The van der Waals surface area contributed by atoms with E-state index in [1.807, 2.05) is 11.0 Å². The lowest BCUT2D eigenvalue weighted by Gasteiger charge is -2.26. The highest BCUT2D eigenvalue weighted by Gasteiger charge is 2.30. The van der Waals surface area contributed by atoms with Crippen molar-refractivity contribution in [3.63, 3.8) is 0 Å². The van der Waals surface area contributed by atoms with Gasteiger partial charge in [-0.05, 0) is 18.2 Å². The Labute approximate surface area is 127 Å². The molecular weight excluding hydrogens is 278 g/mol. The second-order valence-corrected chi connectivity index (χ2v) is 5.12. The van der Waals surface area contributed by atoms with Crippen molar-refractivity contribution < 1.29 is 4.79 Å². The van der Waals surface area contributed by atoms with E-state index in [1.165, 1.54) is 0 Å². The van der Waals surface area contributed by atoms with Gasteiger partial charge in [0.1, 0.15) is 11.7 Å². The van der Waals surface area contributed by atoms with Crippen LogP contribution in [0.1, 0.15) is 22.3 Å². The van der Waals surface area contributed by atoms with Gasteiger partial charge in [0.15, 0.2) is 5.78 Å². The maximum absolute atomic E-state index is 12.4. The molecule has 6 heteroatoms. The van der Waals surface area contributed by atoms with Crippen LogP contribution in [0.3, 0.4) is 0 Å². The summed E-state index contributed by atoms with van der Waals surface area (Å²) in [5.74, 6) is 1.62. The number of carbonyl (C=O) groups is 1. The Morgan fingerprint density at radius 3 is 2.95 bits per heavy atom. The van der Waals surface area contributed by atoms with E-state index in [1.54, 1.807) is 36.9 Å². The Morgan fingerprint density at radius 2 is 2.09 bits per heavy atom. The standard InChI is InChI=1S/C16H13N5O/c22-14(11-2-1-4-17-9-11)8-15-20-13-10-18-5-3-12(13)16-19-6-7-21(15)16/h1-5,9-10H,6-8H2. The molecule has 2 aromatic rings. The monoisotopic (exact) mass is 291 g/mol. The average molecular weight is 291 g/mol. The smallest absolute Gasteiger partial charge is 0.171 e. The molecule has 22 heavy (non-hydrogen) atoms. The Kier molecular flexibility index (Phi) is 3.00. The van der Waals surface area contributed by atoms with Gasteiger partial charge in [-0.15, -0.1) is 0 Å². The normalized spacial score (nSPS) is 15.7. The van der Waals surface area contributed by atoms with E-state index >= 15 is 0 Å². The summed E-state index contributed by atoms with van der Waals surface area (Å²) in [6.45, 7) is 1.48. The SMILES string of the molecule is O=C(CC1=Nc2cnccc2C2=NCCN12)c1cccnc1. The molecule has 0 saturated carbocycles. The average Bonchev–Trinajstić information content (AvgIpc) is 3.06. The predicted molar refractivity (Wildman–Crippen MR) is 82.6 cm³/mol. The molecule has 0 atom stereocenters. The zero-order valence-corrected chi connectivity index (χ0v) is 11.8. The summed E-state index contributed by atoms with van der Waals surface area (Å²) in [4.78, 5) is 31.7. The maximum atomic E-state index is 12.4. The van der Waals surface area contributed by atoms with Gasteiger partial charge in [-0.25, -0.2) is 4.99 Å². The van der Waals surface area contributed by atoms with E-state index in [0.29, 0.717) is 5.56 Å². The molecule has 4 heterocycles. The van der Waals surface area contributed by atoms with Crippen LogP contribution in [0.2, 0.25) is 0 Å². The minimum atomic E-state index is 0.00504. The number of aromatic nitrogens is 2. The molecule has 2 aliphatic rings. The minimum Gasteiger partial charge on any atom is -0.312 e. The van der Waals surface area contributed by atoms with Gasteiger partial charge in [-0.2, -0.15) is 0 Å². The van der Waals surface area contributed by atoms with Crippen LogP contribution in [0.25, 0.3) is 0 Å². The Hall–Kier alpha value is -2.89. The van der Waals surface area contributed by atoms with Crippen LogP contribution >= 0.6 is 0 Å². The first-order valence-corrected chi connectivity index (χ1v) is 7.10. The van der Waals surface area contributed by atoms with Gasteiger partial charge in [0.05, 0.1) is 24.8 Å². The van der Waals surface area contributed by atoms with Crippen LogP contribution in [0.5, 0.6) is 0 Å². The molecule has 0 aliphatic carbocycles. The molecule has 2 aliphatic heterocycles. The lowest BCUT2D eigenvalue weighted by molar-refractivity contribution is 0.0998. The van der Waals surface area contributed by atoms with E-state index in [-0.39, 0.29) is 12.2 Å². The van der Waals surface area contributed by atoms with Gasteiger partial charge in [-0.1, -0.05) is 0 Å². The van der Waals surface area contributed by atoms with Gasteiger partial charge < -0.3 is 4.90 Å². The van der Waals surface area contributed by atoms with Crippen molar-refractivity contribution in [2.24, 2.45) is 9.98 Å². The first-order chi connectivity index (χ1) is 10.8. The second-order valence-electron chi connectivity index (χ2n) is 5.12. The van der Waals surface area contributed by atoms with E-state index < -0.39 is 0 Å². The summed E-state index contributed by atoms with van der Waals surface area (Å²) in [5, 5.41) is 0. The van der Waals surface area contributed by atoms with Gasteiger partial charge in [0.25, 0.3) is 0 Å². The molecule has 4 rings (SSSR count). The second kappa shape index (κ2) is 5.14.